The highest BCUT2D eigenvalue weighted by Crippen LogP contribution is 2.27. The molecule has 20 heavy (non-hydrogen) atoms. The molecular weight excluding hydrogens is 254 g/mol. The summed E-state index contributed by atoms with van der Waals surface area (Å²) in [7, 11) is 1.80. The van der Waals surface area contributed by atoms with Crippen molar-refractivity contribution in [2.24, 2.45) is 5.92 Å². The van der Waals surface area contributed by atoms with Gasteiger partial charge in [0.2, 0.25) is 5.91 Å². The third kappa shape index (κ3) is 2.54. The number of nitrogens with zero attached hydrogens (tertiary/aromatic N) is 1. The van der Waals surface area contributed by atoms with Crippen LogP contribution in [-0.2, 0) is 17.8 Å². The van der Waals surface area contributed by atoms with E-state index in [2.05, 4.69) is 0 Å². The molecule has 1 atom stereocenters. The number of amides is 1. The fourth-order valence-electron chi connectivity index (χ4n) is 2.51. The maximum atomic E-state index is 12.4. The minimum Gasteiger partial charge on any atom is -0.492 e. The normalized spacial score (nSPS) is 17.1. The molecule has 0 aliphatic carbocycles. The summed E-state index contributed by atoms with van der Waals surface area (Å²) in [5, 5.41) is 0. The van der Waals surface area contributed by atoms with E-state index in [0.717, 1.165) is 23.5 Å². The van der Waals surface area contributed by atoms with Crippen molar-refractivity contribution in [3.8, 4) is 5.75 Å². The first-order valence-electron chi connectivity index (χ1n) is 6.72. The van der Waals surface area contributed by atoms with Crippen LogP contribution in [0.25, 0.3) is 0 Å². The molecule has 0 saturated heterocycles. The molecule has 104 valence electrons. The van der Waals surface area contributed by atoms with Crippen LogP contribution in [0.2, 0.25) is 0 Å². The fourth-order valence-corrected chi connectivity index (χ4v) is 2.51. The Bertz CT molecular complexity index is 592. The van der Waals surface area contributed by atoms with Crippen molar-refractivity contribution in [3.63, 3.8) is 0 Å². The number of carbonyl (C=O) groups excluding carboxylic acids is 1. The van der Waals surface area contributed by atoms with Crippen LogP contribution in [0.3, 0.4) is 0 Å². The van der Waals surface area contributed by atoms with Crippen molar-refractivity contribution in [2.75, 3.05) is 13.7 Å². The zero-order valence-corrected chi connectivity index (χ0v) is 11.4. The Hall–Kier alpha value is -2.23. The van der Waals surface area contributed by atoms with Crippen molar-refractivity contribution < 1.29 is 13.9 Å². The molecule has 4 nitrogen and oxygen atoms in total. The third-order valence-electron chi connectivity index (χ3n) is 3.58. The monoisotopic (exact) mass is 271 g/mol. The first-order valence-corrected chi connectivity index (χ1v) is 6.72. The van der Waals surface area contributed by atoms with Gasteiger partial charge in [-0.3, -0.25) is 4.79 Å². The Morgan fingerprint density at radius 3 is 2.95 bits per heavy atom. The Balaban J connectivity index is 1.66. The fraction of sp³-hybridized carbons (Fsp3) is 0.312. The molecule has 0 saturated carbocycles. The predicted molar refractivity (Wildman–Crippen MR) is 74.3 cm³/mol. The maximum Gasteiger partial charge on any atom is 0.229 e. The smallest absolute Gasteiger partial charge is 0.229 e. The van der Waals surface area contributed by atoms with E-state index in [4.69, 9.17) is 9.15 Å². The Labute approximate surface area is 118 Å². The average Bonchev–Trinajstić information content (AvgIpc) is 2.99. The van der Waals surface area contributed by atoms with Crippen molar-refractivity contribution >= 4 is 5.91 Å². The Morgan fingerprint density at radius 2 is 2.15 bits per heavy atom. The van der Waals surface area contributed by atoms with Crippen LogP contribution in [0.1, 0.15) is 11.3 Å². The van der Waals surface area contributed by atoms with Crippen LogP contribution in [0.5, 0.6) is 5.75 Å². The molecule has 0 fully saturated rings. The largest absolute Gasteiger partial charge is 0.492 e. The molecule has 2 aromatic rings. The van der Waals surface area contributed by atoms with Gasteiger partial charge in [0.1, 0.15) is 18.1 Å². The number of hydrogen-bond donors (Lipinski definition) is 0. The SMILES string of the molecule is CN(Cc1ccco1)C(=O)C1COc2ccccc2C1. The van der Waals surface area contributed by atoms with Gasteiger partial charge >= 0.3 is 0 Å². The lowest BCUT2D eigenvalue weighted by Gasteiger charge is -2.27. The highest BCUT2D eigenvalue weighted by Gasteiger charge is 2.28. The Morgan fingerprint density at radius 1 is 1.30 bits per heavy atom. The molecule has 0 bridgehead atoms. The lowest BCUT2D eigenvalue weighted by molar-refractivity contribution is -0.136. The van der Waals surface area contributed by atoms with Crippen LogP contribution in [0.4, 0.5) is 0 Å². The predicted octanol–water partition coefficient (Wildman–Crippen LogP) is 2.49. The summed E-state index contributed by atoms with van der Waals surface area (Å²) in [5.74, 6) is 1.66. The molecule has 1 aliphatic rings. The summed E-state index contributed by atoms with van der Waals surface area (Å²) in [6.45, 7) is 0.933. The van der Waals surface area contributed by atoms with Crippen LogP contribution in [-0.4, -0.2) is 24.5 Å². The van der Waals surface area contributed by atoms with Gasteiger partial charge in [0.25, 0.3) is 0 Å². The first-order chi connectivity index (χ1) is 9.74. The van der Waals surface area contributed by atoms with Crippen LogP contribution in [0, 0.1) is 5.92 Å². The van der Waals surface area contributed by atoms with Gasteiger partial charge in [-0.1, -0.05) is 18.2 Å². The molecule has 0 radical (unpaired) electrons. The van der Waals surface area contributed by atoms with E-state index >= 15 is 0 Å². The standard InChI is InChI=1S/C16H17NO3/c1-17(10-14-6-4-8-19-14)16(18)13-9-12-5-2-3-7-15(12)20-11-13/h2-8,13H,9-11H2,1H3. The number of fused-ring (bicyclic) bond motifs is 1. The van der Waals surface area contributed by atoms with Crippen molar-refractivity contribution in [1.29, 1.82) is 0 Å². The topological polar surface area (TPSA) is 42.7 Å². The highest BCUT2D eigenvalue weighted by atomic mass is 16.5. The lowest BCUT2D eigenvalue weighted by Crippen LogP contribution is -2.38. The van der Waals surface area contributed by atoms with E-state index in [1.54, 1.807) is 18.2 Å². The summed E-state index contributed by atoms with van der Waals surface area (Å²) >= 11 is 0. The van der Waals surface area contributed by atoms with E-state index in [1.165, 1.54) is 0 Å². The molecule has 1 amide bonds. The lowest BCUT2D eigenvalue weighted by atomic mass is 9.95. The minimum absolute atomic E-state index is 0.0934. The van der Waals surface area contributed by atoms with E-state index in [-0.39, 0.29) is 11.8 Å². The van der Waals surface area contributed by atoms with Gasteiger partial charge in [-0.25, -0.2) is 0 Å². The van der Waals surface area contributed by atoms with E-state index in [0.29, 0.717) is 13.2 Å². The molecular formula is C16H17NO3. The molecule has 2 heterocycles. The zero-order chi connectivity index (χ0) is 13.9. The number of carbonyl (C=O) groups is 1. The van der Waals surface area contributed by atoms with E-state index in [9.17, 15) is 4.79 Å². The van der Waals surface area contributed by atoms with E-state index in [1.807, 2.05) is 36.4 Å². The average molecular weight is 271 g/mol. The molecule has 0 spiro atoms. The summed E-state index contributed by atoms with van der Waals surface area (Å²) in [6.07, 6.45) is 2.35. The molecule has 0 N–H and O–H groups in total. The van der Waals surface area contributed by atoms with Gasteiger partial charge in [0.15, 0.2) is 0 Å². The number of rotatable bonds is 3. The van der Waals surface area contributed by atoms with Crippen LogP contribution < -0.4 is 4.74 Å². The van der Waals surface area contributed by atoms with E-state index < -0.39 is 0 Å². The molecule has 1 aromatic carbocycles. The summed E-state index contributed by atoms with van der Waals surface area (Å²) in [4.78, 5) is 14.1. The number of para-hydroxylation sites is 1. The number of hydrogen-bond acceptors (Lipinski definition) is 3. The van der Waals surface area contributed by atoms with Gasteiger partial charge in [-0.15, -0.1) is 0 Å². The van der Waals surface area contributed by atoms with Crippen molar-refractivity contribution in [1.82, 2.24) is 4.90 Å². The van der Waals surface area contributed by atoms with Gasteiger partial charge in [0.05, 0.1) is 18.7 Å². The van der Waals surface area contributed by atoms with Crippen LogP contribution >= 0.6 is 0 Å². The quantitative estimate of drug-likeness (QED) is 0.861. The first kappa shape index (κ1) is 12.8. The highest BCUT2D eigenvalue weighted by molar-refractivity contribution is 5.79. The van der Waals surface area contributed by atoms with Gasteiger partial charge in [-0.05, 0) is 30.2 Å². The van der Waals surface area contributed by atoms with Crippen molar-refractivity contribution in [3.05, 3.63) is 54.0 Å². The third-order valence-corrected chi connectivity index (χ3v) is 3.58. The number of furan rings is 1. The molecule has 1 unspecified atom stereocenters. The maximum absolute atomic E-state index is 12.4. The van der Waals surface area contributed by atoms with Crippen LogP contribution in [0.15, 0.2) is 47.1 Å². The number of benzene rings is 1. The van der Waals surface area contributed by atoms with Gasteiger partial charge in [-0.2, -0.15) is 0 Å². The second kappa shape index (κ2) is 5.41. The second-order valence-electron chi connectivity index (χ2n) is 5.09. The summed E-state index contributed by atoms with van der Waals surface area (Å²) < 4.78 is 10.9. The molecule has 1 aliphatic heterocycles. The van der Waals surface area contributed by atoms with Crippen molar-refractivity contribution in [2.45, 2.75) is 13.0 Å². The minimum atomic E-state index is -0.120. The van der Waals surface area contributed by atoms with Gasteiger partial charge < -0.3 is 14.1 Å². The summed E-state index contributed by atoms with van der Waals surface area (Å²) in [5.41, 5.74) is 1.10. The number of ether oxygens (including phenoxy) is 1. The Kier molecular flexibility index (Phi) is 3.46. The molecule has 4 heteroatoms. The second-order valence-corrected chi connectivity index (χ2v) is 5.09. The van der Waals surface area contributed by atoms with Gasteiger partial charge in [0, 0.05) is 7.05 Å². The molecule has 3 rings (SSSR count). The molecule has 1 aromatic heterocycles. The summed E-state index contributed by atoms with van der Waals surface area (Å²) in [6, 6.07) is 11.6. The zero-order valence-electron chi connectivity index (χ0n) is 11.4.